The predicted molar refractivity (Wildman–Crippen MR) is 90.3 cm³/mol. The molecule has 2 aromatic carbocycles. The number of likely N-dealkylation sites (N-methyl/N-ethyl adjacent to an activating group) is 1. The highest BCUT2D eigenvalue weighted by Crippen LogP contribution is 2.48. The number of rotatable bonds is 2. The maximum absolute atomic E-state index is 12.8. The van der Waals surface area contributed by atoms with Gasteiger partial charge in [0.1, 0.15) is 0 Å². The van der Waals surface area contributed by atoms with E-state index in [9.17, 15) is 21.6 Å². The minimum absolute atomic E-state index is 0.122. The van der Waals surface area contributed by atoms with E-state index in [1.165, 1.54) is 12.1 Å². The maximum Gasteiger partial charge on any atom is 0.534 e. The summed E-state index contributed by atoms with van der Waals surface area (Å²) in [5.74, 6) is -0.278. The van der Waals surface area contributed by atoms with Crippen molar-refractivity contribution in [1.82, 2.24) is 4.90 Å². The van der Waals surface area contributed by atoms with E-state index in [4.69, 9.17) is 0 Å². The molecule has 0 spiro atoms. The summed E-state index contributed by atoms with van der Waals surface area (Å²) in [7, 11) is -3.71. The molecule has 0 aromatic heterocycles. The van der Waals surface area contributed by atoms with Gasteiger partial charge in [0.15, 0.2) is 5.75 Å². The first-order chi connectivity index (χ1) is 12.2. The van der Waals surface area contributed by atoms with Gasteiger partial charge in [0.25, 0.3) is 0 Å². The van der Waals surface area contributed by atoms with Crippen LogP contribution < -0.4 is 4.18 Å². The van der Waals surface area contributed by atoms with E-state index in [1.54, 1.807) is 6.07 Å². The van der Waals surface area contributed by atoms with Gasteiger partial charge in [-0.3, -0.25) is 4.90 Å². The molecule has 0 saturated carbocycles. The summed E-state index contributed by atoms with van der Waals surface area (Å²) in [6.45, 7) is 0.898. The molecule has 0 bridgehead atoms. The molecule has 1 atom stereocenters. The number of nitrogens with zero attached hydrogens (tertiary/aromatic N) is 1. The van der Waals surface area contributed by atoms with Crippen molar-refractivity contribution in [3.63, 3.8) is 0 Å². The lowest BCUT2D eigenvalue weighted by atomic mass is 9.77. The van der Waals surface area contributed by atoms with E-state index in [0.717, 1.165) is 35.2 Å². The monoisotopic (exact) mass is 383 g/mol. The minimum Gasteiger partial charge on any atom is -0.375 e. The second kappa shape index (κ2) is 5.72. The summed E-state index contributed by atoms with van der Waals surface area (Å²) in [4.78, 5) is 2.22. The van der Waals surface area contributed by atoms with E-state index >= 15 is 0 Å². The molecule has 0 N–H and O–H groups in total. The maximum atomic E-state index is 12.8. The lowest BCUT2D eigenvalue weighted by Gasteiger charge is -2.40. The Labute approximate surface area is 149 Å². The van der Waals surface area contributed by atoms with Gasteiger partial charge in [-0.1, -0.05) is 30.3 Å². The van der Waals surface area contributed by atoms with Gasteiger partial charge in [-0.2, -0.15) is 21.6 Å². The first-order valence-electron chi connectivity index (χ1n) is 8.14. The molecule has 1 aliphatic carbocycles. The Bertz CT molecular complexity index is 986. The fourth-order valence-corrected chi connectivity index (χ4v) is 4.34. The Morgan fingerprint density at radius 3 is 2.54 bits per heavy atom. The van der Waals surface area contributed by atoms with Crippen LogP contribution in [0, 0.1) is 0 Å². The molecule has 4 rings (SSSR count). The highest BCUT2D eigenvalue weighted by molar-refractivity contribution is 7.88. The van der Waals surface area contributed by atoms with E-state index in [1.807, 2.05) is 25.2 Å². The van der Waals surface area contributed by atoms with Crippen LogP contribution in [0.15, 0.2) is 36.4 Å². The molecule has 0 amide bonds. The molecule has 1 aliphatic heterocycles. The molecular formula is C18H16F3NO3S. The standard InChI is InChI=1S/C18H16F3NO3S/c1-22-9-8-11-4-2-6-13-16(11)14(22)10-12-5-3-7-15(17(12)13)25-26(23,24)18(19,20)21/h2-7,14H,8-10H2,1H3/t14-/m1/s1. The average molecular weight is 383 g/mol. The van der Waals surface area contributed by atoms with Crippen molar-refractivity contribution in [2.75, 3.05) is 13.6 Å². The number of alkyl halides is 3. The molecule has 0 radical (unpaired) electrons. The number of hydrogen-bond acceptors (Lipinski definition) is 4. The largest absolute Gasteiger partial charge is 0.534 e. The van der Waals surface area contributed by atoms with E-state index in [0.29, 0.717) is 12.0 Å². The molecule has 8 heteroatoms. The number of fused-ring (bicyclic) bond motifs is 2. The van der Waals surface area contributed by atoms with Gasteiger partial charge in [-0.25, -0.2) is 0 Å². The van der Waals surface area contributed by atoms with Gasteiger partial charge in [-0.15, -0.1) is 0 Å². The van der Waals surface area contributed by atoms with E-state index < -0.39 is 15.6 Å². The van der Waals surface area contributed by atoms with Crippen molar-refractivity contribution in [2.45, 2.75) is 24.4 Å². The van der Waals surface area contributed by atoms with Crippen LogP contribution in [0.1, 0.15) is 22.7 Å². The predicted octanol–water partition coefficient (Wildman–Crippen LogP) is 3.67. The first kappa shape index (κ1) is 17.4. The Morgan fingerprint density at radius 2 is 1.81 bits per heavy atom. The van der Waals surface area contributed by atoms with Crippen LogP contribution in [0.25, 0.3) is 11.1 Å². The number of benzene rings is 2. The van der Waals surface area contributed by atoms with Crippen LogP contribution in [0.4, 0.5) is 13.2 Å². The molecule has 2 aromatic rings. The topological polar surface area (TPSA) is 46.6 Å². The third kappa shape index (κ3) is 2.59. The molecule has 26 heavy (non-hydrogen) atoms. The van der Waals surface area contributed by atoms with E-state index in [2.05, 4.69) is 9.08 Å². The third-order valence-corrected chi connectivity index (χ3v) is 6.04. The van der Waals surface area contributed by atoms with Crippen molar-refractivity contribution in [1.29, 1.82) is 0 Å². The van der Waals surface area contributed by atoms with Crippen molar-refractivity contribution >= 4 is 10.1 Å². The second-order valence-electron chi connectivity index (χ2n) is 6.60. The molecule has 0 fully saturated rings. The van der Waals surface area contributed by atoms with Crippen LogP contribution in [0.3, 0.4) is 0 Å². The molecule has 138 valence electrons. The quantitative estimate of drug-likeness (QED) is 0.587. The molecule has 1 heterocycles. The summed E-state index contributed by atoms with van der Waals surface area (Å²) in [5.41, 5.74) is -1.32. The smallest absolute Gasteiger partial charge is 0.375 e. The zero-order chi connectivity index (χ0) is 18.7. The van der Waals surface area contributed by atoms with E-state index in [-0.39, 0.29) is 11.8 Å². The van der Waals surface area contributed by atoms with Crippen LogP contribution in [-0.4, -0.2) is 32.4 Å². The highest BCUT2D eigenvalue weighted by Gasteiger charge is 2.49. The van der Waals surface area contributed by atoms with Crippen LogP contribution >= 0.6 is 0 Å². The van der Waals surface area contributed by atoms with Gasteiger partial charge in [0, 0.05) is 18.2 Å². The lowest BCUT2D eigenvalue weighted by Crippen LogP contribution is -2.35. The van der Waals surface area contributed by atoms with Crippen LogP contribution in [-0.2, 0) is 23.0 Å². The SMILES string of the molecule is CN1CCc2cccc3c2[C@H]1Cc1cccc(OS(=O)(=O)C(F)(F)F)c1-3. The van der Waals surface area contributed by atoms with Gasteiger partial charge in [-0.05, 0) is 48.2 Å². The molecule has 4 nitrogen and oxygen atoms in total. The van der Waals surface area contributed by atoms with Crippen LogP contribution in [0.2, 0.25) is 0 Å². The van der Waals surface area contributed by atoms with Crippen molar-refractivity contribution in [3.8, 4) is 16.9 Å². The summed E-state index contributed by atoms with van der Waals surface area (Å²) in [6.07, 6.45) is 1.44. The molecule has 0 unspecified atom stereocenters. The molecular weight excluding hydrogens is 367 g/mol. The summed E-state index contributed by atoms with van der Waals surface area (Å²) in [6, 6.07) is 10.4. The molecule has 2 aliphatic rings. The fourth-order valence-electron chi connectivity index (χ4n) is 3.87. The fraction of sp³-hybridized carbons (Fsp3) is 0.333. The normalized spacial score (nSPS) is 19.6. The molecule has 0 saturated heterocycles. The Hall–Kier alpha value is -2.06. The Kier molecular flexibility index (Phi) is 3.82. The average Bonchev–Trinajstić information content (AvgIpc) is 2.56. The summed E-state index contributed by atoms with van der Waals surface area (Å²) < 4.78 is 65.8. The number of halogens is 3. The highest BCUT2D eigenvalue weighted by atomic mass is 32.2. The van der Waals surface area contributed by atoms with Gasteiger partial charge in [0.05, 0.1) is 0 Å². The van der Waals surface area contributed by atoms with Gasteiger partial charge in [0.2, 0.25) is 0 Å². The zero-order valence-corrected chi connectivity index (χ0v) is 14.7. The third-order valence-electron chi connectivity index (χ3n) is 5.07. The minimum atomic E-state index is -5.72. The van der Waals surface area contributed by atoms with Crippen molar-refractivity contribution in [2.24, 2.45) is 0 Å². The number of hydrogen-bond donors (Lipinski definition) is 0. The lowest BCUT2D eigenvalue weighted by molar-refractivity contribution is -0.0499. The second-order valence-corrected chi connectivity index (χ2v) is 8.14. The summed E-state index contributed by atoms with van der Waals surface area (Å²) >= 11 is 0. The van der Waals surface area contributed by atoms with Crippen molar-refractivity contribution in [3.05, 3.63) is 53.1 Å². The van der Waals surface area contributed by atoms with Gasteiger partial charge >= 0.3 is 15.6 Å². The Morgan fingerprint density at radius 1 is 1.12 bits per heavy atom. The van der Waals surface area contributed by atoms with Crippen LogP contribution in [0.5, 0.6) is 5.75 Å². The summed E-state index contributed by atoms with van der Waals surface area (Å²) in [5, 5.41) is 0. The zero-order valence-electron chi connectivity index (χ0n) is 13.9. The Balaban J connectivity index is 1.90. The van der Waals surface area contributed by atoms with Gasteiger partial charge < -0.3 is 4.18 Å². The van der Waals surface area contributed by atoms with Crippen molar-refractivity contribution < 1.29 is 25.8 Å². The first-order valence-corrected chi connectivity index (χ1v) is 9.55.